The first-order valence-corrected chi connectivity index (χ1v) is 3.64. The molecule has 1 N–H and O–H groups in total. The molecular formula is C9H10N2O. The summed E-state index contributed by atoms with van der Waals surface area (Å²) in [6, 6.07) is 5.53. The molecule has 0 radical (unpaired) electrons. The Bertz CT molecular complexity index is 280. The maximum absolute atomic E-state index is 10.8. The van der Waals surface area contributed by atoms with E-state index in [1.165, 1.54) is 6.08 Å². The van der Waals surface area contributed by atoms with Crippen LogP contribution in [0.3, 0.4) is 0 Å². The van der Waals surface area contributed by atoms with Crippen molar-refractivity contribution in [1.29, 1.82) is 0 Å². The van der Waals surface area contributed by atoms with E-state index in [1.54, 1.807) is 19.3 Å². The van der Waals surface area contributed by atoms with Crippen LogP contribution in [0.4, 0.5) is 0 Å². The van der Waals surface area contributed by atoms with E-state index in [9.17, 15) is 4.79 Å². The van der Waals surface area contributed by atoms with E-state index in [0.717, 1.165) is 5.69 Å². The minimum Gasteiger partial charge on any atom is -0.356 e. The van der Waals surface area contributed by atoms with Crippen molar-refractivity contribution in [1.82, 2.24) is 10.3 Å². The summed E-state index contributed by atoms with van der Waals surface area (Å²) in [6.45, 7) is 0. The van der Waals surface area contributed by atoms with Crippen molar-refractivity contribution in [3.05, 3.63) is 36.2 Å². The van der Waals surface area contributed by atoms with Crippen LogP contribution >= 0.6 is 0 Å². The SMILES string of the molecule is CNC(=O)C=Cc1ccccn1. The highest BCUT2D eigenvalue weighted by molar-refractivity contribution is 5.91. The second-order valence-corrected chi connectivity index (χ2v) is 2.20. The molecule has 1 rings (SSSR count). The molecule has 0 aliphatic carbocycles. The Kier molecular flexibility index (Phi) is 3.02. The minimum atomic E-state index is -0.124. The molecule has 0 aromatic carbocycles. The highest BCUT2D eigenvalue weighted by atomic mass is 16.1. The normalized spacial score (nSPS) is 10.1. The zero-order valence-electron chi connectivity index (χ0n) is 6.82. The number of hydrogen-bond acceptors (Lipinski definition) is 2. The molecule has 3 nitrogen and oxygen atoms in total. The molecule has 12 heavy (non-hydrogen) atoms. The first kappa shape index (κ1) is 8.46. The highest BCUT2D eigenvalue weighted by Gasteiger charge is 1.88. The van der Waals surface area contributed by atoms with Crippen LogP contribution in [0.25, 0.3) is 6.08 Å². The third-order valence-corrected chi connectivity index (χ3v) is 1.34. The fourth-order valence-electron chi connectivity index (χ4n) is 0.719. The van der Waals surface area contributed by atoms with Crippen molar-refractivity contribution in [3.63, 3.8) is 0 Å². The van der Waals surface area contributed by atoms with Crippen molar-refractivity contribution in [3.8, 4) is 0 Å². The molecule has 0 saturated heterocycles. The molecule has 62 valence electrons. The predicted molar refractivity (Wildman–Crippen MR) is 47.3 cm³/mol. The molecule has 0 saturated carbocycles. The molecule has 1 aromatic heterocycles. The maximum atomic E-state index is 10.8. The summed E-state index contributed by atoms with van der Waals surface area (Å²) in [5.41, 5.74) is 0.779. The third kappa shape index (κ3) is 2.54. The highest BCUT2D eigenvalue weighted by Crippen LogP contribution is 1.95. The first-order valence-electron chi connectivity index (χ1n) is 3.64. The lowest BCUT2D eigenvalue weighted by molar-refractivity contribution is -0.115. The van der Waals surface area contributed by atoms with E-state index < -0.39 is 0 Å². The van der Waals surface area contributed by atoms with Crippen LogP contribution < -0.4 is 5.32 Å². The van der Waals surface area contributed by atoms with Gasteiger partial charge in [-0.05, 0) is 18.2 Å². The van der Waals surface area contributed by atoms with Gasteiger partial charge in [0.2, 0.25) is 5.91 Å². The van der Waals surface area contributed by atoms with Gasteiger partial charge in [0.05, 0.1) is 5.69 Å². The quantitative estimate of drug-likeness (QED) is 0.655. The van der Waals surface area contributed by atoms with Gasteiger partial charge in [0.25, 0.3) is 0 Å². The largest absolute Gasteiger partial charge is 0.356 e. The zero-order chi connectivity index (χ0) is 8.81. The Balaban J connectivity index is 2.64. The van der Waals surface area contributed by atoms with Crippen LogP contribution in [0.1, 0.15) is 5.69 Å². The van der Waals surface area contributed by atoms with E-state index in [0.29, 0.717) is 0 Å². The summed E-state index contributed by atoms with van der Waals surface area (Å²) >= 11 is 0. The first-order chi connectivity index (χ1) is 5.83. The van der Waals surface area contributed by atoms with Crippen LogP contribution in [0.2, 0.25) is 0 Å². The van der Waals surface area contributed by atoms with Gasteiger partial charge in [-0.1, -0.05) is 6.07 Å². The van der Waals surface area contributed by atoms with Crippen molar-refractivity contribution < 1.29 is 4.79 Å². The number of hydrogen-bond donors (Lipinski definition) is 1. The molecule has 0 unspecified atom stereocenters. The van der Waals surface area contributed by atoms with Crippen molar-refractivity contribution in [2.24, 2.45) is 0 Å². The molecule has 1 heterocycles. The molecule has 0 aliphatic rings. The Labute approximate surface area is 71.1 Å². The molecule has 0 bridgehead atoms. The lowest BCUT2D eigenvalue weighted by atomic mass is 10.3. The van der Waals surface area contributed by atoms with Gasteiger partial charge in [-0.2, -0.15) is 0 Å². The topological polar surface area (TPSA) is 42.0 Å². The number of nitrogens with zero attached hydrogens (tertiary/aromatic N) is 1. The van der Waals surface area contributed by atoms with Crippen LogP contribution in [0, 0.1) is 0 Å². The zero-order valence-corrected chi connectivity index (χ0v) is 6.82. The summed E-state index contributed by atoms with van der Waals surface area (Å²) in [5.74, 6) is -0.124. The van der Waals surface area contributed by atoms with E-state index >= 15 is 0 Å². The fraction of sp³-hybridized carbons (Fsp3) is 0.111. The lowest BCUT2D eigenvalue weighted by Gasteiger charge is -1.90. The number of rotatable bonds is 2. The summed E-state index contributed by atoms with van der Waals surface area (Å²) in [5, 5.41) is 2.48. The van der Waals surface area contributed by atoms with Crippen LogP contribution in [-0.4, -0.2) is 17.9 Å². The van der Waals surface area contributed by atoms with E-state index in [1.807, 2.05) is 18.2 Å². The van der Waals surface area contributed by atoms with Crippen LogP contribution in [0.15, 0.2) is 30.5 Å². The number of aromatic nitrogens is 1. The molecule has 0 spiro atoms. The summed E-state index contributed by atoms with van der Waals surface area (Å²) in [4.78, 5) is 14.8. The number of pyridine rings is 1. The second kappa shape index (κ2) is 4.28. The maximum Gasteiger partial charge on any atom is 0.243 e. The van der Waals surface area contributed by atoms with Gasteiger partial charge in [0, 0.05) is 19.3 Å². The summed E-state index contributed by atoms with van der Waals surface area (Å²) in [6.07, 6.45) is 4.80. The monoisotopic (exact) mass is 162 g/mol. The van der Waals surface area contributed by atoms with Crippen LogP contribution in [-0.2, 0) is 4.79 Å². The standard InChI is InChI=1S/C9H10N2O/c1-10-9(12)6-5-8-4-2-3-7-11-8/h2-7H,1H3,(H,10,12). The van der Waals surface area contributed by atoms with Crippen molar-refractivity contribution in [2.45, 2.75) is 0 Å². The minimum absolute atomic E-state index is 0.124. The van der Waals surface area contributed by atoms with Crippen LogP contribution in [0.5, 0.6) is 0 Å². The number of amides is 1. The molecule has 3 heteroatoms. The van der Waals surface area contributed by atoms with Gasteiger partial charge >= 0.3 is 0 Å². The van der Waals surface area contributed by atoms with Crippen molar-refractivity contribution in [2.75, 3.05) is 7.05 Å². The molecule has 0 atom stereocenters. The summed E-state index contributed by atoms with van der Waals surface area (Å²) in [7, 11) is 1.59. The average Bonchev–Trinajstić information content (AvgIpc) is 2.16. The second-order valence-electron chi connectivity index (χ2n) is 2.20. The van der Waals surface area contributed by atoms with Gasteiger partial charge in [-0.3, -0.25) is 9.78 Å². The number of carbonyl (C=O) groups excluding carboxylic acids is 1. The smallest absolute Gasteiger partial charge is 0.243 e. The number of nitrogens with one attached hydrogen (secondary N) is 1. The molecular weight excluding hydrogens is 152 g/mol. The van der Waals surface area contributed by atoms with Gasteiger partial charge in [-0.25, -0.2) is 0 Å². The number of carbonyl (C=O) groups is 1. The Morgan fingerprint density at radius 2 is 2.42 bits per heavy atom. The molecule has 0 fully saturated rings. The summed E-state index contributed by atoms with van der Waals surface area (Å²) < 4.78 is 0. The fourth-order valence-corrected chi connectivity index (χ4v) is 0.719. The number of likely N-dealkylation sites (N-methyl/N-ethyl adjacent to an activating group) is 1. The Morgan fingerprint density at radius 1 is 1.58 bits per heavy atom. The Morgan fingerprint density at radius 3 is 3.00 bits per heavy atom. The van der Waals surface area contributed by atoms with E-state index in [4.69, 9.17) is 0 Å². The molecule has 1 aromatic rings. The van der Waals surface area contributed by atoms with Gasteiger partial charge in [0.15, 0.2) is 0 Å². The third-order valence-electron chi connectivity index (χ3n) is 1.34. The van der Waals surface area contributed by atoms with Gasteiger partial charge in [0.1, 0.15) is 0 Å². The van der Waals surface area contributed by atoms with Gasteiger partial charge < -0.3 is 5.32 Å². The van der Waals surface area contributed by atoms with Gasteiger partial charge in [-0.15, -0.1) is 0 Å². The average molecular weight is 162 g/mol. The van der Waals surface area contributed by atoms with E-state index in [2.05, 4.69) is 10.3 Å². The molecule has 1 amide bonds. The van der Waals surface area contributed by atoms with E-state index in [-0.39, 0.29) is 5.91 Å². The Hall–Kier alpha value is -1.64. The molecule has 0 aliphatic heterocycles. The van der Waals surface area contributed by atoms with Crippen molar-refractivity contribution >= 4 is 12.0 Å². The lowest BCUT2D eigenvalue weighted by Crippen LogP contribution is -2.13. The predicted octanol–water partition coefficient (Wildman–Crippen LogP) is 0.841.